The minimum Gasteiger partial charge on any atom is -0.373 e. The Hall–Kier alpha value is -1.97. The van der Waals surface area contributed by atoms with Crippen LogP contribution in [0.15, 0.2) is 24.5 Å². The van der Waals surface area contributed by atoms with E-state index in [1.807, 2.05) is 20.9 Å². The van der Waals surface area contributed by atoms with E-state index in [9.17, 15) is 4.39 Å². The van der Waals surface area contributed by atoms with E-state index in [4.69, 9.17) is 0 Å². The maximum Gasteiger partial charge on any atom is 0.132 e. The first-order valence-electron chi connectivity index (χ1n) is 5.95. The first-order chi connectivity index (χ1) is 8.67. The predicted molar refractivity (Wildman–Crippen MR) is 71.1 cm³/mol. The van der Waals surface area contributed by atoms with Gasteiger partial charge in [0, 0.05) is 18.2 Å². The van der Waals surface area contributed by atoms with Gasteiger partial charge in [-0.05, 0) is 31.0 Å². The Labute approximate surface area is 106 Å². The van der Waals surface area contributed by atoms with Crippen molar-refractivity contribution in [2.45, 2.75) is 20.3 Å². The number of nitrogens with one attached hydrogen (secondary N) is 1. The highest BCUT2D eigenvalue weighted by Crippen LogP contribution is 2.28. The zero-order valence-corrected chi connectivity index (χ0v) is 10.8. The highest BCUT2D eigenvalue weighted by Gasteiger charge is 2.13. The number of rotatable bonds is 3. The molecule has 1 aromatic heterocycles. The quantitative estimate of drug-likeness (QED) is 0.902. The topological polar surface area (TPSA) is 37.8 Å². The third-order valence-corrected chi connectivity index (χ3v) is 2.99. The molecule has 2 aromatic rings. The fourth-order valence-corrected chi connectivity index (χ4v) is 2.04. The molecule has 0 spiro atoms. The summed E-state index contributed by atoms with van der Waals surface area (Å²) in [6.07, 6.45) is 2.30. The molecule has 0 amide bonds. The smallest absolute Gasteiger partial charge is 0.132 e. The molecule has 0 saturated heterocycles. The van der Waals surface area contributed by atoms with Crippen molar-refractivity contribution in [3.05, 3.63) is 41.5 Å². The second-order valence-electron chi connectivity index (χ2n) is 4.11. The van der Waals surface area contributed by atoms with Crippen molar-refractivity contribution >= 4 is 5.82 Å². The van der Waals surface area contributed by atoms with Gasteiger partial charge in [-0.25, -0.2) is 14.4 Å². The number of halogens is 1. The van der Waals surface area contributed by atoms with Crippen molar-refractivity contribution in [2.75, 3.05) is 12.4 Å². The Kier molecular flexibility index (Phi) is 3.55. The minimum atomic E-state index is -0.248. The Morgan fingerprint density at radius 2 is 2.06 bits per heavy atom. The maximum absolute atomic E-state index is 13.4. The molecule has 94 valence electrons. The van der Waals surface area contributed by atoms with E-state index in [1.54, 1.807) is 6.07 Å². The molecule has 2 rings (SSSR count). The Bertz CT molecular complexity index is 567. The van der Waals surface area contributed by atoms with Gasteiger partial charge in [-0.15, -0.1) is 0 Å². The Morgan fingerprint density at radius 1 is 1.28 bits per heavy atom. The van der Waals surface area contributed by atoms with E-state index in [2.05, 4.69) is 15.3 Å². The van der Waals surface area contributed by atoms with Crippen LogP contribution in [0.3, 0.4) is 0 Å². The van der Waals surface area contributed by atoms with Crippen LogP contribution in [0.2, 0.25) is 0 Å². The molecule has 4 heteroatoms. The van der Waals surface area contributed by atoms with E-state index >= 15 is 0 Å². The van der Waals surface area contributed by atoms with Crippen LogP contribution in [0.5, 0.6) is 0 Å². The summed E-state index contributed by atoms with van der Waals surface area (Å²) in [5.41, 5.74) is 3.64. The van der Waals surface area contributed by atoms with Crippen LogP contribution in [0.25, 0.3) is 11.3 Å². The number of nitrogens with zero attached hydrogens (tertiary/aromatic N) is 2. The highest BCUT2D eigenvalue weighted by atomic mass is 19.1. The van der Waals surface area contributed by atoms with Gasteiger partial charge in [-0.2, -0.15) is 0 Å². The Morgan fingerprint density at radius 3 is 2.72 bits per heavy atom. The average Bonchev–Trinajstić information content (AvgIpc) is 2.40. The molecular formula is C14H16FN3. The van der Waals surface area contributed by atoms with Crippen molar-refractivity contribution in [3.63, 3.8) is 0 Å². The van der Waals surface area contributed by atoms with Gasteiger partial charge < -0.3 is 5.32 Å². The van der Waals surface area contributed by atoms with Gasteiger partial charge in [0.15, 0.2) is 0 Å². The fourth-order valence-electron chi connectivity index (χ4n) is 2.04. The zero-order valence-electron chi connectivity index (χ0n) is 10.8. The van der Waals surface area contributed by atoms with Crippen LogP contribution in [-0.4, -0.2) is 17.0 Å². The first kappa shape index (κ1) is 12.5. The lowest BCUT2D eigenvalue weighted by Crippen LogP contribution is -2.03. The van der Waals surface area contributed by atoms with Crippen LogP contribution < -0.4 is 5.32 Å². The number of benzene rings is 1. The molecule has 0 bridgehead atoms. The van der Waals surface area contributed by atoms with Crippen LogP contribution in [0.4, 0.5) is 10.2 Å². The molecule has 0 aliphatic carbocycles. The molecule has 0 aliphatic heterocycles. The fraction of sp³-hybridized carbons (Fsp3) is 0.286. The summed E-state index contributed by atoms with van der Waals surface area (Å²) in [5, 5.41) is 3.05. The van der Waals surface area contributed by atoms with Gasteiger partial charge in [0.05, 0.1) is 5.69 Å². The van der Waals surface area contributed by atoms with Gasteiger partial charge in [0.2, 0.25) is 0 Å². The molecule has 0 fully saturated rings. The summed E-state index contributed by atoms with van der Waals surface area (Å²) in [6, 6.07) is 4.76. The van der Waals surface area contributed by atoms with Crippen LogP contribution in [-0.2, 0) is 6.42 Å². The van der Waals surface area contributed by atoms with Crippen LogP contribution >= 0.6 is 0 Å². The highest BCUT2D eigenvalue weighted by molar-refractivity contribution is 5.70. The molecular weight excluding hydrogens is 229 g/mol. The lowest BCUT2D eigenvalue weighted by atomic mass is 10.00. The van der Waals surface area contributed by atoms with Crippen molar-refractivity contribution in [1.29, 1.82) is 0 Å². The van der Waals surface area contributed by atoms with Gasteiger partial charge in [0.1, 0.15) is 18.0 Å². The number of hydrogen-bond acceptors (Lipinski definition) is 3. The Balaban J connectivity index is 2.66. The van der Waals surface area contributed by atoms with E-state index in [0.717, 1.165) is 34.6 Å². The van der Waals surface area contributed by atoms with Crippen LogP contribution in [0.1, 0.15) is 18.1 Å². The summed E-state index contributed by atoms with van der Waals surface area (Å²) in [4.78, 5) is 8.50. The third-order valence-electron chi connectivity index (χ3n) is 2.99. The molecule has 18 heavy (non-hydrogen) atoms. The van der Waals surface area contributed by atoms with E-state index in [-0.39, 0.29) is 5.82 Å². The SMILES string of the molecule is CCc1c(NC)ncnc1-c1cc(F)ccc1C. The summed E-state index contributed by atoms with van der Waals surface area (Å²) in [5.74, 6) is 0.549. The van der Waals surface area contributed by atoms with Crippen molar-refractivity contribution < 1.29 is 4.39 Å². The van der Waals surface area contributed by atoms with E-state index in [1.165, 1.54) is 18.5 Å². The molecule has 0 unspecified atom stereocenters. The lowest BCUT2D eigenvalue weighted by molar-refractivity contribution is 0.628. The number of anilines is 1. The normalized spacial score (nSPS) is 10.4. The monoisotopic (exact) mass is 245 g/mol. The number of hydrogen-bond donors (Lipinski definition) is 1. The van der Waals surface area contributed by atoms with Gasteiger partial charge in [-0.3, -0.25) is 0 Å². The standard InChI is InChI=1S/C14H16FN3/c1-4-11-13(17-8-18-14(11)16-3)12-7-10(15)6-5-9(12)2/h5-8H,4H2,1-3H3,(H,16,17,18). The summed E-state index contributed by atoms with van der Waals surface area (Å²) >= 11 is 0. The number of aryl methyl sites for hydroxylation is 1. The average molecular weight is 245 g/mol. The van der Waals surface area contributed by atoms with Crippen molar-refractivity contribution in [2.24, 2.45) is 0 Å². The summed E-state index contributed by atoms with van der Waals surface area (Å²) < 4.78 is 13.4. The van der Waals surface area contributed by atoms with Crippen molar-refractivity contribution in [3.8, 4) is 11.3 Å². The first-order valence-corrected chi connectivity index (χ1v) is 5.95. The van der Waals surface area contributed by atoms with Gasteiger partial charge in [-0.1, -0.05) is 13.0 Å². The summed E-state index contributed by atoms with van der Waals surface area (Å²) in [6.45, 7) is 3.99. The molecule has 0 aliphatic rings. The molecule has 0 radical (unpaired) electrons. The van der Waals surface area contributed by atoms with Gasteiger partial charge in [0.25, 0.3) is 0 Å². The van der Waals surface area contributed by atoms with Gasteiger partial charge >= 0.3 is 0 Å². The molecule has 1 heterocycles. The second-order valence-corrected chi connectivity index (χ2v) is 4.11. The molecule has 1 aromatic carbocycles. The molecule has 3 nitrogen and oxygen atoms in total. The van der Waals surface area contributed by atoms with Crippen LogP contribution in [0, 0.1) is 12.7 Å². The summed E-state index contributed by atoms with van der Waals surface area (Å²) in [7, 11) is 1.82. The maximum atomic E-state index is 13.4. The van der Waals surface area contributed by atoms with E-state index < -0.39 is 0 Å². The molecule has 0 saturated carbocycles. The van der Waals surface area contributed by atoms with E-state index in [0.29, 0.717) is 0 Å². The predicted octanol–water partition coefficient (Wildman–Crippen LogP) is 3.20. The lowest BCUT2D eigenvalue weighted by Gasteiger charge is -2.13. The molecule has 0 atom stereocenters. The third kappa shape index (κ3) is 2.18. The van der Waals surface area contributed by atoms with Crippen molar-refractivity contribution in [1.82, 2.24) is 9.97 Å². The zero-order chi connectivity index (χ0) is 13.1. The second kappa shape index (κ2) is 5.12. The molecule has 1 N–H and O–H groups in total. The number of aromatic nitrogens is 2. The minimum absolute atomic E-state index is 0.248. The largest absolute Gasteiger partial charge is 0.373 e.